The van der Waals surface area contributed by atoms with Gasteiger partial charge >= 0.3 is 0 Å². The van der Waals surface area contributed by atoms with Crippen LogP contribution in [0.25, 0.3) is 0 Å². The molecule has 106 valence electrons. The van der Waals surface area contributed by atoms with Crippen LogP contribution in [0.15, 0.2) is 35.1 Å². The number of nitrogens with zero attached hydrogens (tertiary/aromatic N) is 1. The molecule has 0 spiro atoms. The van der Waals surface area contributed by atoms with E-state index in [1.54, 1.807) is 12.1 Å². The number of para-hydroxylation sites is 1. The molecule has 0 saturated heterocycles. The topological polar surface area (TPSA) is 67.2 Å². The fourth-order valence-corrected chi connectivity index (χ4v) is 1.74. The number of carbonyl (C=O) groups excluding carboxylic acids is 1. The van der Waals surface area contributed by atoms with Gasteiger partial charge in [-0.2, -0.15) is 0 Å². The van der Waals surface area contributed by atoms with Crippen LogP contribution in [0, 0.1) is 5.82 Å². The molecule has 2 N–H and O–H groups in total. The number of hydrogen-bond acceptors (Lipinski definition) is 4. The summed E-state index contributed by atoms with van der Waals surface area (Å²) in [5.74, 6) is -0.793. The van der Waals surface area contributed by atoms with Gasteiger partial charge in [0.25, 0.3) is 5.91 Å². The summed E-state index contributed by atoms with van der Waals surface area (Å²) in [5.41, 5.74) is 1.12. The minimum atomic E-state index is -0.437. The molecule has 0 unspecified atom stereocenters. The summed E-state index contributed by atoms with van der Waals surface area (Å²) in [6.07, 6.45) is 2.27. The highest BCUT2D eigenvalue weighted by atomic mass is 19.1. The summed E-state index contributed by atoms with van der Waals surface area (Å²) in [5, 5.41) is 9.30. The van der Waals surface area contributed by atoms with Crippen LogP contribution < -0.4 is 10.6 Å². The van der Waals surface area contributed by atoms with Gasteiger partial charge in [-0.05, 0) is 18.6 Å². The van der Waals surface area contributed by atoms with Gasteiger partial charge in [0.2, 0.25) is 0 Å². The van der Waals surface area contributed by atoms with Gasteiger partial charge in [-0.1, -0.05) is 18.1 Å². The Balaban J connectivity index is 2.10. The molecule has 1 aromatic heterocycles. The number of rotatable bonds is 6. The lowest BCUT2D eigenvalue weighted by atomic mass is 10.1. The Morgan fingerprint density at radius 1 is 1.40 bits per heavy atom. The van der Waals surface area contributed by atoms with Crippen LogP contribution in [0.5, 0.6) is 0 Å². The van der Waals surface area contributed by atoms with Gasteiger partial charge < -0.3 is 15.2 Å². The average Bonchev–Trinajstić information content (AvgIpc) is 2.96. The maximum Gasteiger partial charge on any atom is 0.253 e. The zero-order chi connectivity index (χ0) is 14.4. The first-order valence-corrected chi connectivity index (χ1v) is 6.42. The molecular formula is C14H16FN3O2. The quantitative estimate of drug-likeness (QED) is 0.851. The van der Waals surface area contributed by atoms with E-state index in [1.807, 2.05) is 6.92 Å². The van der Waals surface area contributed by atoms with Crippen molar-refractivity contribution in [3.63, 3.8) is 0 Å². The van der Waals surface area contributed by atoms with Gasteiger partial charge in [0, 0.05) is 12.6 Å². The molecule has 0 saturated carbocycles. The molecule has 2 rings (SSSR count). The molecule has 1 heterocycles. The number of carbonyl (C=O) groups is 1. The summed E-state index contributed by atoms with van der Waals surface area (Å²) >= 11 is 0. The van der Waals surface area contributed by atoms with Gasteiger partial charge in [-0.3, -0.25) is 4.79 Å². The second-order valence-electron chi connectivity index (χ2n) is 4.26. The van der Waals surface area contributed by atoms with Gasteiger partial charge in [0.15, 0.2) is 0 Å². The van der Waals surface area contributed by atoms with Gasteiger partial charge in [-0.15, -0.1) is 0 Å². The molecule has 1 aromatic carbocycles. The van der Waals surface area contributed by atoms with Crippen molar-refractivity contribution in [1.82, 2.24) is 10.5 Å². The van der Waals surface area contributed by atoms with Crippen molar-refractivity contribution in [1.29, 1.82) is 0 Å². The molecule has 0 aliphatic carbocycles. The van der Waals surface area contributed by atoms with Crippen molar-refractivity contribution < 1.29 is 13.7 Å². The van der Waals surface area contributed by atoms with Crippen molar-refractivity contribution in [3.05, 3.63) is 47.6 Å². The van der Waals surface area contributed by atoms with Gasteiger partial charge in [0.1, 0.15) is 17.8 Å². The summed E-state index contributed by atoms with van der Waals surface area (Å²) in [6.45, 7) is 2.81. The van der Waals surface area contributed by atoms with E-state index in [0.29, 0.717) is 12.2 Å². The normalized spacial score (nSPS) is 10.3. The van der Waals surface area contributed by atoms with E-state index in [-0.39, 0.29) is 23.7 Å². The molecule has 2 aromatic rings. The molecule has 0 fully saturated rings. The van der Waals surface area contributed by atoms with E-state index < -0.39 is 5.82 Å². The first-order valence-electron chi connectivity index (χ1n) is 6.42. The van der Waals surface area contributed by atoms with E-state index in [0.717, 1.165) is 6.42 Å². The van der Waals surface area contributed by atoms with Crippen LogP contribution in [0.3, 0.4) is 0 Å². The molecule has 5 nitrogen and oxygen atoms in total. The smallest absolute Gasteiger partial charge is 0.253 e. The van der Waals surface area contributed by atoms with Crippen LogP contribution in [0.4, 0.5) is 10.1 Å². The first-order chi connectivity index (χ1) is 9.72. The SMILES string of the molecule is CCCNc1c(F)cccc1C(=O)NCc1ccon1. The Morgan fingerprint density at radius 2 is 2.25 bits per heavy atom. The molecule has 0 aliphatic rings. The highest BCUT2D eigenvalue weighted by Gasteiger charge is 2.14. The standard InChI is InChI=1S/C14H16FN3O2/c1-2-7-16-13-11(4-3-5-12(13)15)14(19)17-9-10-6-8-20-18-10/h3-6,8,16H,2,7,9H2,1H3,(H,17,19). The average molecular weight is 277 g/mol. The highest BCUT2D eigenvalue weighted by Crippen LogP contribution is 2.19. The number of aromatic nitrogens is 1. The lowest BCUT2D eigenvalue weighted by Gasteiger charge is -2.12. The zero-order valence-electron chi connectivity index (χ0n) is 11.1. The molecule has 0 radical (unpaired) electrons. The van der Waals surface area contributed by atoms with Gasteiger partial charge in [-0.25, -0.2) is 4.39 Å². The van der Waals surface area contributed by atoms with Crippen LogP contribution in [0.2, 0.25) is 0 Å². The molecule has 20 heavy (non-hydrogen) atoms. The predicted octanol–water partition coefficient (Wildman–Crippen LogP) is 2.57. The third-order valence-electron chi connectivity index (χ3n) is 2.73. The Bertz CT molecular complexity index is 570. The van der Waals surface area contributed by atoms with Gasteiger partial charge in [0.05, 0.1) is 17.8 Å². The summed E-state index contributed by atoms with van der Waals surface area (Å²) in [6, 6.07) is 6.07. The van der Waals surface area contributed by atoms with Crippen molar-refractivity contribution in [2.75, 3.05) is 11.9 Å². The van der Waals surface area contributed by atoms with E-state index in [1.165, 1.54) is 18.4 Å². The lowest BCUT2D eigenvalue weighted by Crippen LogP contribution is -2.24. The number of halogens is 1. The van der Waals surface area contributed by atoms with Crippen LogP contribution in [-0.4, -0.2) is 17.6 Å². The third-order valence-corrected chi connectivity index (χ3v) is 2.73. The molecule has 0 aliphatic heterocycles. The van der Waals surface area contributed by atoms with Crippen LogP contribution in [-0.2, 0) is 6.54 Å². The number of hydrogen-bond donors (Lipinski definition) is 2. The van der Waals surface area contributed by atoms with E-state index in [9.17, 15) is 9.18 Å². The first kappa shape index (κ1) is 14.0. The molecule has 6 heteroatoms. The lowest BCUT2D eigenvalue weighted by molar-refractivity contribution is 0.0950. The number of anilines is 1. The van der Waals surface area contributed by atoms with E-state index in [2.05, 4.69) is 20.3 Å². The second-order valence-corrected chi connectivity index (χ2v) is 4.26. The Labute approximate surface area is 116 Å². The summed E-state index contributed by atoms with van der Waals surface area (Å²) in [7, 11) is 0. The summed E-state index contributed by atoms with van der Waals surface area (Å²) < 4.78 is 18.5. The Kier molecular flexibility index (Phi) is 4.70. The van der Waals surface area contributed by atoms with E-state index in [4.69, 9.17) is 0 Å². The number of amides is 1. The monoisotopic (exact) mass is 277 g/mol. The maximum absolute atomic E-state index is 13.8. The Morgan fingerprint density at radius 3 is 2.95 bits per heavy atom. The molecule has 1 amide bonds. The minimum Gasteiger partial charge on any atom is -0.382 e. The zero-order valence-corrected chi connectivity index (χ0v) is 11.1. The number of benzene rings is 1. The Hall–Kier alpha value is -2.37. The van der Waals surface area contributed by atoms with Crippen molar-refractivity contribution >= 4 is 11.6 Å². The third kappa shape index (κ3) is 3.34. The van der Waals surface area contributed by atoms with Crippen molar-refractivity contribution in [2.24, 2.45) is 0 Å². The van der Waals surface area contributed by atoms with Crippen molar-refractivity contribution in [2.45, 2.75) is 19.9 Å². The predicted molar refractivity (Wildman–Crippen MR) is 72.9 cm³/mol. The number of nitrogens with one attached hydrogen (secondary N) is 2. The molecular weight excluding hydrogens is 261 g/mol. The molecule has 0 atom stereocenters. The summed E-state index contributed by atoms with van der Waals surface area (Å²) in [4.78, 5) is 12.1. The highest BCUT2D eigenvalue weighted by molar-refractivity contribution is 5.99. The second kappa shape index (κ2) is 6.70. The minimum absolute atomic E-state index is 0.229. The fourth-order valence-electron chi connectivity index (χ4n) is 1.74. The molecule has 0 bridgehead atoms. The van der Waals surface area contributed by atoms with Crippen LogP contribution in [0.1, 0.15) is 29.4 Å². The van der Waals surface area contributed by atoms with Crippen molar-refractivity contribution in [3.8, 4) is 0 Å². The maximum atomic E-state index is 13.8. The van der Waals surface area contributed by atoms with Crippen LogP contribution >= 0.6 is 0 Å². The fraction of sp³-hybridized carbons (Fsp3) is 0.286. The van der Waals surface area contributed by atoms with E-state index >= 15 is 0 Å². The largest absolute Gasteiger partial charge is 0.382 e.